The summed E-state index contributed by atoms with van der Waals surface area (Å²) >= 11 is -0.106. The van der Waals surface area contributed by atoms with Crippen LogP contribution in [0.1, 0.15) is 83.1 Å². The number of benzene rings is 2. The van der Waals surface area contributed by atoms with Gasteiger partial charge in [0.1, 0.15) is 0 Å². The number of rotatable bonds is 5. The Kier molecular flexibility index (Phi) is 20.9. The average molecular weight is 781 g/mol. The SMILES string of the molecule is CN(C)C=O.CN(C)c1ccc(P(C(C)(C)C)C(C)(C)C)cc1.CN(C)c1ccc(P(C(C)(C)C)C(C)(C)C)cc1.[Cl][Pd][Cl]. The summed E-state index contributed by atoms with van der Waals surface area (Å²) in [4.78, 5) is 15.2. The molecule has 258 valence electrons. The van der Waals surface area contributed by atoms with Crippen molar-refractivity contribution in [2.45, 2.75) is 104 Å². The molecule has 2 aromatic carbocycles. The van der Waals surface area contributed by atoms with Crippen molar-refractivity contribution in [3.8, 4) is 0 Å². The van der Waals surface area contributed by atoms with Crippen molar-refractivity contribution in [3.63, 3.8) is 0 Å². The molecule has 0 bridgehead atoms. The Hall–Kier alpha value is -0.388. The second-order valence-corrected chi connectivity index (χ2v) is 25.4. The Morgan fingerprint density at radius 3 is 0.818 bits per heavy atom. The van der Waals surface area contributed by atoms with Crippen LogP contribution in [0.3, 0.4) is 0 Å². The molecule has 0 aromatic heterocycles. The number of anilines is 2. The molecule has 9 heteroatoms. The number of halogens is 2. The fraction of sp³-hybridized carbons (Fsp3) is 0.629. The van der Waals surface area contributed by atoms with Crippen molar-refractivity contribution < 1.29 is 20.7 Å². The zero-order valence-electron chi connectivity index (χ0n) is 30.9. The first-order valence-corrected chi connectivity index (χ1v) is 21.5. The number of hydrogen-bond acceptors (Lipinski definition) is 3. The topological polar surface area (TPSA) is 26.8 Å². The molecule has 0 spiro atoms. The molecule has 0 aliphatic rings. The van der Waals surface area contributed by atoms with Crippen molar-refractivity contribution >= 4 is 63.3 Å². The first kappa shape index (κ1) is 45.7. The van der Waals surface area contributed by atoms with E-state index in [4.69, 9.17) is 19.1 Å². The molecule has 0 aliphatic heterocycles. The van der Waals surface area contributed by atoms with Gasteiger partial charge in [0.2, 0.25) is 6.41 Å². The minimum atomic E-state index is -0.188. The molecular weight excluding hydrogens is 718 g/mol. The van der Waals surface area contributed by atoms with Crippen LogP contribution in [0.5, 0.6) is 0 Å². The molecule has 4 nitrogen and oxygen atoms in total. The molecule has 0 aliphatic carbocycles. The summed E-state index contributed by atoms with van der Waals surface area (Å²) in [6.45, 7) is 28.4. The Balaban J connectivity index is 0. The van der Waals surface area contributed by atoms with E-state index in [0.29, 0.717) is 20.6 Å². The zero-order valence-corrected chi connectivity index (χ0v) is 35.8. The molecule has 0 saturated heterocycles. The van der Waals surface area contributed by atoms with E-state index in [-0.39, 0.29) is 31.8 Å². The van der Waals surface area contributed by atoms with Crippen LogP contribution in [0.25, 0.3) is 0 Å². The second-order valence-electron chi connectivity index (χ2n) is 15.3. The Morgan fingerprint density at radius 2 is 0.705 bits per heavy atom. The summed E-state index contributed by atoms with van der Waals surface area (Å²) in [5, 5.41) is 4.38. The molecule has 0 N–H and O–H groups in total. The van der Waals surface area contributed by atoms with E-state index >= 15 is 0 Å². The monoisotopic (exact) mass is 779 g/mol. The van der Waals surface area contributed by atoms with Crippen molar-refractivity contribution in [1.29, 1.82) is 0 Å². The van der Waals surface area contributed by atoms with Crippen LogP contribution in [0.2, 0.25) is 0 Å². The maximum absolute atomic E-state index is 9.43. The second kappa shape index (κ2) is 20.1. The molecule has 0 atom stereocenters. The van der Waals surface area contributed by atoms with E-state index in [1.54, 1.807) is 14.1 Å². The first-order chi connectivity index (χ1) is 19.7. The van der Waals surface area contributed by atoms with Crippen molar-refractivity contribution in [3.05, 3.63) is 48.5 Å². The molecule has 44 heavy (non-hydrogen) atoms. The standard InChI is InChI=1S/2C16H28NP.C3H7NO.2ClH.Pd/c2*1-15(2,3)18(16(4,5)6)14-11-9-13(10-12-14)17(7)8;1-4(2)3-5;;;/h2*9-12H,1-8H3;3H,1-2H3;2*1H;/q;;;;;+2/p-2. The third-order valence-corrected chi connectivity index (χ3v) is 13.1. The summed E-state index contributed by atoms with van der Waals surface area (Å²) in [7, 11) is 21.0. The van der Waals surface area contributed by atoms with Crippen LogP contribution in [0, 0.1) is 0 Å². The fourth-order valence-corrected chi connectivity index (χ4v) is 13.4. The van der Waals surface area contributed by atoms with E-state index in [9.17, 15) is 4.79 Å². The van der Waals surface area contributed by atoms with Gasteiger partial charge in [-0.2, -0.15) is 0 Å². The molecule has 0 fully saturated rings. The maximum atomic E-state index is 9.43. The quantitative estimate of drug-likeness (QED) is 0.172. The molecule has 2 aromatic rings. The molecule has 0 saturated carbocycles. The first-order valence-electron chi connectivity index (χ1n) is 14.8. The Labute approximate surface area is 291 Å². The van der Waals surface area contributed by atoms with Gasteiger partial charge in [0.05, 0.1) is 0 Å². The van der Waals surface area contributed by atoms with Crippen molar-refractivity contribution in [2.24, 2.45) is 0 Å². The average Bonchev–Trinajstić information content (AvgIpc) is 2.82. The Bertz CT molecular complexity index is 945. The van der Waals surface area contributed by atoms with Crippen LogP contribution in [-0.4, -0.2) is 74.2 Å². The van der Waals surface area contributed by atoms with Gasteiger partial charge in [-0.15, -0.1) is 0 Å². The molecular formula is C35H63Cl2N3OP2Pd. The molecule has 0 unspecified atom stereocenters. The van der Waals surface area contributed by atoms with Crippen molar-refractivity contribution in [2.75, 3.05) is 52.1 Å². The number of hydrogen-bond donors (Lipinski definition) is 0. The predicted molar refractivity (Wildman–Crippen MR) is 205 cm³/mol. The summed E-state index contributed by atoms with van der Waals surface area (Å²) in [5.41, 5.74) is 2.55. The summed E-state index contributed by atoms with van der Waals surface area (Å²) in [6, 6.07) is 18.2. The van der Waals surface area contributed by atoms with Gasteiger partial charge in [-0.25, -0.2) is 0 Å². The van der Waals surface area contributed by atoms with E-state index in [0.717, 1.165) is 6.41 Å². The van der Waals surface area contributed by atoms with Gasteiger partial charge < -0.3 is 14.7 Å². The van der Waals surface area contributed by atoms with Crippen LogP contribution in [-0.2, 0) is 20.7 Å². The van der Waals surface area contributed by atoms with E-state index in [2.05, 4.69) is 170 Å². The van der Waals surface area contributed by atoms with Gasteiger partial charge in [0, 0.05) is 53.7 Å². The number of carbonyl (C=O) groups excluding carboxylic acids is 1. The zero-order chi connectivity index (χ0) is 35.3. The number of nitrogens with zero attached hydrogens (tertiary/aromatic N) is 3. The van der Waals surface area contributed by atoms with Gasteiger partial charge in [-0.1, -0.05) is 123 Å². The minimum absolute atomic E-state index is 0.106. The normalized spacial score (nSPS) is 11.9. The molecule has 0 radical (unpaired) electrons. The van der Waals surface area contributed by atoms with Crippen LogP contribution < -0.4 is 20.4 Å². The van der Waals surface area contributed by atoms with Crippen LogP contribution >= 0.6 is 34.9 Å². The fourth-order valence-electron chi connectivity index (χ4n) is 5.36. The third kappa shape index (κ3) is 18.1. The molecule has 2 rings (SSSR count). The molecule has 1 amide bonds. The van der Waals surface area contributed by atoms with E-state index in [1.165, 1.54) is 26.9 Å². The van der Waals surface area contributed by atoms with Gasteiger partial charge >= 0.3 is 35.0 Å². The predicted octanol–water partition coefficient (Wildman–Crippen LogP) is 9.99. The van der Waals surface area contributed by atoms with E-state index in [1.807, 2.05) is 0 Å². The van der Waals surface area contributed by atoms with Gasteiger partial charge in [0.15, 0.2) is 0 Å². The van der Waals surface area contributed by atoms with Gasteiger partial charge in [0.25, 0.3) is 0 Å². The number of amides is 1. The molecule has 0 heterocycles. The van der Waals surface area contributed by atoms with Crippen LogP contribution in [0.15, 0.2) is 48.5 Å². The summed E-state index contributed by atoms with van der Waals surface area (Å²) in [5.74, 6) is 0. The summed E-state index contributed by atoms with van der Waals surface area (Å²) in [6.07, 6.45) is 0.750. The summed E-state index contributed by atoms with van der Waals surface area (Å²) < 4.78 is 0. The van der Waals surface area contributed by atoms with Crippen molar-refractivity contribution in [1.82, 2.24) is 4.90 Å². The van der Waals surface area contributed by atoms with Gasteiger partial charge in [-0.3, -0.25) is 4.79 Å². The van der Waals surface area contributed by atoms with Gasteiger partial charge in [-0.05, 0) is 55.5 Å². The van der Waals surface area contributed by atoms with E-state index < -0.39 is 0 Å². The Morgan fingerprint density at radius 1 is 0.523 bits per heavy atom. The third-order valence-electron chi connectivity index (χ3n) is 6.14. The van der Waals surface area contributed by atoms with Crippen LogP contribution in [0.4, 0.5) is 11.4 Å². The number of carbonyl (C=O) groups is 1.